The Morgan fingerprint density at radius 3 is 2.82 bits per heavy atom. The summed E-state index contributed by atoms with van der Waals surface area (Å²) in [5.41, 5.74) is 1.25. The number of rotatable bonds is 7. The maximum Gasteiger partial charge on any atom is 0.129 e. The smallest absolute Gasteiger partial charge is 0.129 e. The van der Waals surface area contributed by atoms with Crippen LogP contribution in [0.3, 0.4) is 0 Å². The van der Waals surface area contributed by atoms with Gasteiger partial charge >= 0.3 is 0 Å². The molecule has 1 aromatic rings. The van der Waals surface area contributed by atoms with Crippen LogP contribution < -0.4 is 10.2 Å². The molecule has 96 valence electrons. The summed E-state index contributed by atoms with van der Waals surface area (Å²) < 4.78 is 5.14. The van der Waals surface area contributed by atoms with Crippen LogP contribution in [-0.2, 0) is 11.3 Å². The van der Waals surface area contributed by atoms with E-state index in [2.05, 4.69) is 35.1 Å². The molecule has 0 spiro atoms. The predicted molar refractivity (Wildman–Crippen MR) is 71.4 cm³/mol. The molecular weight excluding hydrogens is 214 g/mol. The number of pyridine rings is 1. The average molecular weight is 237 g/mol. The van der Waals surface area contributed by atoms with E-state index in [4.69, 9.17) is 4.74 Å². The molecule has 1 heterocycles. The van der Waals surface area contributed by atoms with E-state index in [0.717, 1.165) is 25.5 Å². The van der Waals surface area contributed by atoms with Gasteiger partial charge in [-0.15, -0.1) is 0 Å². The zero-order valence-electron chi connectivity index (χ0n) is 11.2. The minimum atomic E-state index is 0.419. The van der Waals surface area contributed by atoms with Crippen LogP contribution in [0.4, 0.5) is 5.82 Å². The Bertz CT molecular complexity index is 328. The molecule has 0 fully saturated rings. The summed E-state index contributed by atoms with van der Waals surface area (Å²) in [4.78, 5) is 6.69. The summed E-state index contributed by atoms with van der Waals surface area (Å²) in [6, 6.07) is 4.59. The number of nitrogens with zero attached hydrogens (tertiary/aromatic N) is 2. The Hall–Kier alpha value is -1.13. The van der Waals surface area contributed by atoms with Crippen molar-refractivity contribution < 1.29 is 4.74 Å². The monoisotopic (exact) mass is 237 g/mol. The third-order valence-corrected chi connectivity index (χ3v) is 2.64. The zero-order valence-corrected chi connectivity index (χ0v) is 11.2. The van der Waals surface area contributed by atoms with Gasteiger partial charge in [0.25, 0.3) is 0 Å². The fourth-order valence-corrected chi connectivity index (χ4v) is 1.76. The number of anilines is 1. The molecule has 1 aromatic heterocycles. The molecule has 0 aromatic carbocycles. The van der Waals surface area contributed by atoms with E-state index >= 15 is 0 Å². The third kappa shape index (κ3) is 4.32. The van der Waals surface area contributed by atoms with Gasteiger partial charge in [0, 0.05) is 32.4 Å². The van der Waals surface area contributed by atoms with Crippen LogP contribution in [-0.4, -0.2) is 38.3 Å². The summed E-state index contributed by atoms with van der Waals surface area (Å²) in [6.07, 6.45) is 1.87. The summed E-state index contributed by atoms with van der Waals surface area (Å²) in [5.74, 6) is 1.02. The Morgan fingerprint density at radius 1 is 1.47 bits per heavy atom. The first-order valence-electron chi connectivity index (χ1n) is 6.04. The van der Waals surface area contributed by atoms with Gasteiger partial charge in [-0.05, 0) is 38.6 Å². The highest BCUT2D eigenvalue weighted by atomic mass is 16.5. The molecule has 0 atom stereocenters. The van der Waals surface area contributed by atoms with Crippen molar-refractivity contribution in [2.24, 2.45) is 0 Å². The van der Waals surface area contributed by atoms with Gasteiger partial charge in [-0.1, -0.05) is 0 Å². The molecule has 0 radical (unpaired) electrons. The van der Waals surface area contributed by atoms with Gasteiger partial charge in [0.2, 0.25) is 0 Å². The van der Waals surface area contributed by atoms with Gasteiger partial charge in [-0.2, -0.15) is 0 Å². The lowest BCUT2D eigenvalue weighted by atomic mass is 10.2. The number of ether oxygens (including phenoxy) is 1. The summed E-state index contributed by atoms with van der Waals surface area (Å²) >= 11 is 0. The van der Waals surface area contributed by atoms with Crippen molar-refractivity contribution in [1.29, 1.82) is 0 Å². The molecule has 0 unspecified atom stereocenters. The number of hydrogen-bond donors (Lipinski definition) is 1. The molecule has 17 heavy (non-hydrogen) atoms. The second kappa shape index (κ2) is 7.25. The molecule has 0 aliphatic rings. The molecule has 1 N–H and O–H groups in total. The molecule has 0 saturated carbocycles. The first-order chi connectivity index (χ1) is 8.19. The van der Waals surface area contributed by atoms with E-state index in [1.165, 1.54) is 5.56 Å². The first-order valence-corrected chi connectivity index (χ1v) is 6.04. The van der Waals surface area contributed by atoms with Crippen molar-refractivity contribution in [2.75, 3.05) is 32.2 Å². The van der Waals surface area contributed by atoms with Crippen LogP contribution in [0.15, 0.2) is 18.3 Å². The number of nitrogens with one attached hydrogen (secondary N) is 1. The van der Waals surface area contributed by atoms with E-state index < -0.39 is 0 Å². The molecule has 0 saturated heterocycles. The SMILES string of the molecule is CNCc1ccnc(N(CCOC)C(C)C)c1. The Balaban J connectivity index is 2.81. The van der Waals surface area contributed by atoms with Crippen LogP contribution in [0.25, 0.3) is 0 Å². The lowest BCUT2D eigenvalue weighted by Crippen LogP contribution is -2.34. The van der Waals surface area contributed by atoms with Crippen molar-refractivity contribution in [2.45, 2.75) is 26.4 Å². The van der Waals surface area contributed by atoms with Crippen LogP contribution in [0.5, 0.6) is 0 Å². The van der Waals surface area contributed by atoms with Crippen LogP contribution in [0.2, 0.25) is 0 Å². The van der Waals surface area contributed by atoms with Crippen molar-refractivity contribution in [3.63, 3.8) is 0 Å². The second-order valence-electron chi connectivity index (χ2n) is 4.33. The van der Waals surface area contributed by atoms with Crippen molar-refractivity contribution in [3.8, 4) is 0 Å². The predicted octanol–water partition coefficient (Wildman–Crippen LogP) is 1.66. The molecule has 4 heteroatoms. The second-order valence-corrected chi connectivity index (χ2v) is 4.33. The van der Waals surface area contributed by atoms with Gasteiger partial charge in [-0.25, -0.2) is 4.98 Å². The zero-order chi connectivity index (χ0) is 12.7. The minimum absolute atomic E-state index is 0.419. The molecule has 0 bridgehead atoms. The van der Waals surface area contributed by atoms with Crippen molar-refractivity contribution in [1.82, 2.24) is 10.3 Å². The maximum atomic E-state index is 5.14. The quantitative estimate of drug-likeness (QED) is 0.782. The van der Waals surface area contributed by atoms with Gasteiger partial charge in [0.1, 0.15) is 5.82 Å². The van der Waals surface area contributed by atoms with E-state index in [0.29, 0.717) is 6.04 Å². The Labute approximate surface area is 104 Å². The lowest BCUT2D eigenvalue weighted by Gasteiger charge is -2.27. The normalized spacial score (nSPS) is 10.9. The molecule has 0 aliphatic carbocycles. The first kappa shape index (κ1) is 13.9. The summed E-state index contributed by atoms with van der Waals surface area (Å²) in [7, 11) is 3.68. The molecular formula is C13H23N3O. The van der Waals surface area contributed by atoms with Gasteiger partial charge in [0.15, 0.2) is 0 Å². The lowest BCUT2D eigenvalue weighted by molar-refractivity contribution is 0.203. The van der Waals surface area contributed by atoms with Gasteiger partial charge < -0.3 is 15.0 Å². The topological polar surface area (TPSA) is 37.4 Å². The van der Waals surface area contributed by atoms with Crippen molar-refractivity contribution >= 4 is 5.82 Å². The Kier molecular flexibility index (Phi) is 5.94. The van der Waals surface area contributed by atoms with E-state index in [-0.39, 0.29) is 0 Å². The average Bonchev–Trinajstić information content (AvgIpc) is 2.30. The number of methoxy groups -OCH3 is 1. The summed E-state index contributed by atoms with van der Waals surface area (Å²) in [6.45, 7) is 6.79. The van der Waals surface area contributed by atoms with Gasteiger partial charge in [-0.3, -0.25) is 0 Å². The van der Waals surface area contributed by atoms with E-state index in [1.54, 1.807) is 7.11 Å². The van der Waals surface area contributed by atoms with E-state index in [1.807, 2.05) is 19.3 Å². The number of aromatic nitrogens is 1. The van der Waals surface area contributed by atoms with Crippen LogP contribution >= 0.6 is 0 Å². The highest BCUT2D eigenvalue weighted by Crippen LogP contribution is 2.15. The highest BCUT2D eigenvalue weighted by molar-refractivity contribution is 5.41. The molecule has 0 amide bonds. The van der Waals surface area contributed by atoms with E-state index in [9.17, 15) is 0 Å². The van der Waals surface area contributed by atoms with Crippen LogP contribution in [0, 0.1) is 0 Å². The molecule has 0 aliphatic heterocycles. The van der Waals surface area contributed by atoms with Crippen LogP contribution in [0.1, 0.15) is 19.4 Å². The summed E-state index contributed by atoms with van der Waals surface area (Å²) in [5, 5.41) is 3.15. The fraction of sp³-hybridized carbons (Fsp3) is 0.615. The number of hydrogen-bond acceptors (Lipinski definition) is 4. The minimum Gasteiger partial charge on any atom is -0.383 e. The Morgan fingerprint density at radius 2 is 2.24 bits per heavy atom. The third-order valence-electron chi connectivity index (χ3n) is 2.64. The van der Waals surface area contributed by atoms with Gasteiger partial charge in [0.05, 0.1) is 6.61 Å². The largest absolute Gasteiger partial charge is 0.383 e. The van der Waals surface area contributed by atoms with Crippen molar-refractivity contribution in [3.05, 3.63) is 23.9 Å². The molecule has 4 nitrogen and oxygen atoms in total. The standard InChI is InChI=1S/C13H23N3O/c1-11(2)16(7-8-17-4)13-9-12(10-14-3)5-6-15-13/h5-6,9,11,14H,7-8,10H2,1-4H3. The fourth-order valence-electron chi connectivity index (χ4n) is 1.76. The maximum absolute atomic E-state index is 5.14. The molecule has 1 rings (SSSR count). The highest BCUT2D eigenvalue weighted by Gasteiger charge is 2.11.